The van der Waals surface area contributed by atoms with Gasteiger partial charge in [0.1, 0.15) is 40.5 Å². The number of anilines is 1. The minimum Gasteiger partial charge on any atom is -0.497 e. The van der Waals surface area contributed by atoms with E-state index in [0.29, 0.717) is 66.3 Å². The number of halogens is 1. The Hall–Kier alpha value is -5.90. The van der Waals surface area contributed by atoms with E-state index >= 15 is 0 Å². The van der Waals surface area contributed by atoms with Crippen molar-refractivity contribution in [3.63, 3.8) is 0 Å². The highest BCUT2D eigenvalue weighted by Gasteiger charge is 2.66. The van der Waals surface area contributed by atoms with Gasteiger partial charge in [-0.2, -0.15) is 0 Å². The van der Waals surface area contributed by atoms with Gasteiger partial charge in [-0.3, -0.25) is 10.2 Å². The van der Waals surface area contributed by atoms with Crippen molar-refractivity contribution in [3.05, 3.63) is 115 Å². The number of aliphatic hydroxyl groups excluding tert-OH is 2. The lowest BCUT2D eigenvalue weighted by atomic mass is 9.55. The number of nitrogens with zero attached hydrogens (tertiary/aromatic N) is 2. The highest BCUT2D eigenvalue weighted by atomic mass is 19.1. The maximum Gasteiger partial charge on any atom is 0.417 e. The summed E-state index contributed by atoms with van der Waals surface area (Å²) in [5, 5.41) is 27.6. The Kier molecular flexibility index (Phi) is 17.5. The molecule has 14 nitrogen and oxygen atoms in total. The lowest BCUT2D eigenvalue weighted by Gasteiger charge is -2.60. The largest absolute Gasteiger partial charge is 0.497 e. The lowest BCUT2D eigenvalue weighted by Crippen LogP contribution is -2.70. The molecule has 362 valence electrons. The standard InChI is InChI=1S/C52H66FN3O11/c1-8-10-28-63-50(60)56(33-34-17-19-36(53)20-18-34)46-32-43(55-67-51(3,4)5)40-29-35(15-11-13-25-57)39(16-12-14-26-58)47-41-30-38(22-24-44(41)66-52(46,48(40)47)64-27-9-2)65-49(59)54-42-23-21-37(61-6)31-45(42)62-7/h8-9,17-24,29-31,35,39,46-48,57-58H,1-2,10-16,25-28,32-33H2,3-7H3,(H,54,59). The molecule has 1 aliphatic heterocycles. The third kappa shape index (κ3) is 12.2. The van der Waals surface area contributed by atoms with E-state index in [1.165, 1.54) is 26.4 Å². The molecule has 67 heavy (non-hydrogen) atoms. The van der Waals surface area contributed by atoms with Crippen LogP contribution in [0.1, 0.15) is 89.2 Å². The molecule has 3 aromatic rings. The number of ether oxygens (including phenoxy) is 6. The topological polar surface area (TPSA) is 167 Å². The average molecular weight is 928 g/mol. The van der Waals surface area contributed by atoms with Crippen molar-refractivity contribution < 1.29 is 57.5 Å². The first kappa shape index (κ1) is 50.5. The van der Waals surface area contributed by atoms with E-state index in [2.05, 4.69) is 24.6 Å². The predicted molar refractivity (Wildman–Crippen MR) is 253 cm³/mol. The average Bonchev–Trinajstić information content (AvgIpc) is 3.31. The monoisotopic (exact) mass is 927 g/mol. The van der Waals surface area contributed by atoms with E-state index in [9.17, 15) is 24.2 Å². The van der Waals surface area contributed by atoms with E-state index in [0.717, 1.165) is 24.0 Å². The molecule has 0 bridgehead atoms. The SMILES string of the molecule is C=CCCOC(=O)N(Cc1ccc(F)cc1)C1CC(=NOC(C)(C)C)C2=CC(CCCCO)C(CCCCO)C3c4cc(OC(=O)Nc5ccc(OC)cc5OC)ccc4OC1(OCC=C)C23. The van der Waals surface area contributed by atoms with Gasteiger partial charge in [0.25, 0.3) is 0 Å². The summed E-state index contributed by atoms with van der Waals surface area (Å²) in [6, 6.07) is 15.2. The van der Waals surface area contributed by atoms with Crippen LogP contribution in [-0.4, -0.2) is 91.1 Å². The molecule has 1 heterocycles. The number of hydrogen-bond donors (Lipinski definition) is 3. The Balaban J connectivity index is 1.57. The molecule has 6 rings (SSSR count). The molecule has 0 spiro atoms. The number of nitrogens with one attached hydrogen (secondary N) is 1. The van der Waals surface area contributed by atoms with Crippen LogP contribution in [0.25, 0.3) is 0 Å². The summed E-state index contributed by atoms with van der Waals surface area (Å²) < 4.78 is 51.4. The van der Waals surface area contributed by atoms with Crippen LogP contribution < -0.4 is 24.3 Å². The minimum atomic E-state index is -1.61. The zero-order valence-corrected chi connectivity index (χ0v) is 39.3. The highest BCUT2D eigenvalue weighted by Crippen LogP contribution is 2.62. The number of unbranched alkanes of at least 4 members (excludes halogenated alkanes) is 2. The predicted octanol–water partition coefficient (Wildman–Crippen LogP) is 10.1. The second kappa shape index (κ2) is 23.2. The van der Waals surface area contributed by atoms with Crippen LogP contribution in [-0.2, 0) is 20.9 Å². The van der Waals surface area contributed by atoms with Gasteiger partial charge in [0.15, 0.2) is 0 Å². The normalized spacial score (nSPS) is 22.2. The van der Waals surface area contributed by atoms with Crippen molar-refractivity contribution in [1.29, 1.82) is 0 Å². The molecule has 3 aromatic carbocycles. The van der Waals surface area contributed by atoms with Crippen molar-refractivity contribution in [3.8, 4) is 23.0 Å². The molecule has 1 saturated carbocycles. The van der Waals surface area contributed by atoms with Gasteiger partial charge >= 0.3 is 12.2 Å². The van der Waals surface area contributed by atoms with Crippen molar-refractivity contribution in [2.24, 2.45) is 22.9 Å². The number of amides is 2. The number of aliphatic hydroxyl groups is 2. The van der Waals surface area contributed by atoms with Crippen LogP contribution in [0.5, 0.6) is 23.0 Å². The van der Waals surface area contributed by atoms with Crippen LogP contribution in [0.4, 0.5) is 19.7 Å². The van der Waals surface area contributed by atoms with Crippen LogP contribution >= 0.6 is 0 Å². The second-order valence-electron chi connectivity index (χ2n) is 18.0. The number of rotatable bonds is 22. The maximum atomic E-state index is 14.6. The Morgan fingerprint density at radius 2 is 1.69 bits per heavy atom. The molecule has 6 atom stereocenters. The van der Waals surface area contributed by atoms with Crippen LogP contribution in [0.2, 0.25) is 0 Å². The summed E-state index contributed by atoms with van der Waals surface area (Å²) in [7, 11) is 3.03. The fourth-order valence-electron chi connectivity index (χ4n) is 9.45. The van der Waals surface area contributed by atoms with E-state index in [-0.39, 0.29) is 57.0 Å². The van der Waals surface area contributed by atoms with E-state index in [1.54, 1.807) is 59.5 Å². The second-order valence-corrected chi connectivity index (χ2v) is 18.0. The number of carbonyl (C=O) groups excluding carboxylic acids is 2. The number of oxime groups is 1. The quantitative estimate of drug-likeness (QED) is 0.0499. The Morgan fingerprint density at radius 3 is 2.36 bits per heavy atom. The van der Waals surface area contributed by atoms with Crippen LogP contribution in [0.15, 0.2) is 103 Å². The number of methoxy groups -OCH3 is 2. The first-order chi connectivity index (χ1) is 32.3. The molecule has 0 saturated heterocycles. The molecule has 3 N–H and O–H groups in total. The molecular formula is C52H66FN3O11. The van der Waals surface area contributed by atoms with Crippen molar-refractivity contribution in [1.82, 2.24) is 4.90 Å². The minimum absolute atomic E-state index is 0.00170. The van der Waals surface area contributed by atoms with Gasteiger partial charge in [0.05, 0.1) is 44.8 Å². The van der Waals surface area contributed by atoms with Gasteiger partial charge in [-0.15, -0.1) is 13.2 Å². The van der Waals surface area contributed by atoms with Gasteiger partial charge in [0.2, 0.25) is 5.79 Å². The fourth-order valence-corrected chi connectivity index (χ4v) is 9.45. The molecule has 0 radical (unpaired) electrons. The van der Waals surface area contributed by atoms with E-state index in [4.69, 9.17) is 38.4 Å². The van der Waals surface area contributed by atoms with E-state index < -0.39 is 47.3 Å². The molecule has 0 aromatic heterocycles. The first-order valence-corrected chi connectivity index (χ1v) is 23.1. The lowest BCUT2D eigenvalue weighted by molar-refractivity contribution is -0.256. The summed E-state index contributed by atoms with van der Waals surface area (Å²) in [6.07, 6.45) is 8.72. The Bertz CT molecular complexity index is 2240. The zero-order chi connectivity index (χ0) is 48.1. The molecule has 2 amide bonds. The van der Waals surface area contributed by atoms with Gasteiger partial charge in [-0.1, -0.05) is 48.4 Å². The highest BCUT2D eigenvalue weighted by molar-refractivity contribution is 6.03. The molecular weight excluding hydrogens is 862 g/mol. The van der Waals surface area contributed by atoms with Gasteiger partial charge in [0, 0.05) is 43.7 Å². The number of allylic oxidation sites excluding steroid dienone is 1. The summed E-state index contributed by atoms with van der Waals surface area (Å²) in [6.45, 7) is 13.7. The Morgan fingerprint density at radius 1 is 0.955 bits per heavy atom. The molecule has 6 unspecified atom stereocenters. The summed E-state index contributed by atoms with van der Waals surface area (Å²) in [5.74, 6) is -1.61. The summed E-state index contributed by atoms with van der Waals surface area (Å²) >= 11 is 0. The molecule has 3 aliphatic rings. The van der Waals surface area contributed by atoms with Gasteiger partial charge < -0.3 is 43.5 Å². The van der Waals surface area contributed by atoms with Gasteiger partial charge in [-0.25, -0.2) is 14.0 Å². The number of carbonyl (C=O) groups is 2. The van der Waals surface area contributed by atoms with Crippen molar-refractivity contribution in [2.75, 3.05) is 46.0 Å². The van der Waals surface area contributed by atoms with Crippen molar-refractivity contribution in [2.45, 2.75) is 102 Å². The van der Waals surface area contributed by atoms with Crippen LogP contribution in [0.3, 0.4) is 0 Å². The Labute approximate surface area is 393 Å². The number of hydrogen-bond acceptors (Lipinski definition) is 12. The number of fused-ring (bicyclic) bond motifs is 2. The first-order valence-electron chi connectivity index (χ1n) is 23.1. The van der Waals surface area contributed by atoms with Crippen LogP contribution in [0, 0.1) is 23.6 Å². The molecule has 1 fully saturated rings. The zero-order valence-electron chi connectivity index (χ0n) is 39.3. The number of benzene rings is 3. The summed E-state index contributed by atoms with van der Waals surface area (Å²) in [4.78, 5) is 36.1. The van der Waals surface area contributed by atoms with E-state index in [1.807, 2.05) is 26.8 Å². The third-order valence-corrected chi connectivity index (χ3v) is 12.4. The maximum absolute atomic E-state index is 14.6. The molecule has 15 heteroatoms. The molecule has 2 aliphatic carbocycles. The van der Waals surface area contributed by atoms with Gasteiger partial charge in [-0.05, 0) is 118 Å². The van der Waals surface area contributed by atoms with Crippen molar-refractivity contribution >= 4 is 23.6 Å². The smallest absolute Gasteiger partial charge is 0.417 e. The third-order valence-electron chi connectivity index (χ3n) is 12.4. The fraction of sp³-hybridized carbons (Fsp3) is 0.481. The summed E-state index contributed by atoms with van der Waals surface area (Å²) in [5.41, 5.74) is 2.49.